The van der Waals surface area contributed by atoms with Crippen molar-refractivity contribution >= 4 is 46.1 Å². The van der Waals surface area contributed by atoms with Crippen molar-refractivity contribution in [2.24, 2.45) is 0 Å². The Balaban J connectivity index is 1.15. The number of thioether (sulfide) groups is 1. The maximum absolute atomic E-state index is 12.8. The fraction of sp³-hybridized carbons (Fsp3) is 0.292. The second-order valence-electron chi connectivity index (χ2n) is 8.09. The Bertz CT molecular complexity index is 1180. The number of nitrogens with zero attached hydrogens (tertiary/aromatic N) is 2. The summed E-state index contributed by atoms with van der Waals surface area (Å²) in [5.74, 6) is -0.101. The number of benzene rings is 2. The van der Waals surface area contributed by atoms with E-state index in [0.29, 0.717) is 32.6 Å². The molecule has 32 heavy (non-hydrogen) atoms. The number of aromatic amines is 1. The zero-order chi connectivity index (χ0) is 22.1. The summed E-state index contributed by atoms with van der Waals surface area (Å²) in [6, 6.07) is 15.6. The minimum Gasteiger partial charge on any atom is -0.361 e. The van der Waals surface area contributed by atoms with Crippen LogP contribution in [0.3, 0.4) is 0 Å². The largest absolute Gasteiger partial charge is 0.361 e. The standard InChI is InChI=1S/C24H24N4O3S/c29-22(13-16-15-25-18-6-2-1-5-17(16)18)27-9-11-28(12-10-27)23(30)14-21-24(31)26-19-7-3-4-8-20(19)32-21/h1-8,15,21,25H,9-14H2,(H,26,31). The predicted octanol–water partition coefficient (Wildman–Crippen LogP) is 2.88. The highest BCUT2D eigenvalue weighted by atomic mass is 32.2. The highest BCUT2D eigenvalue weighted by Gasteiger charge is 2.32. The molecule has 2 aliphatic heterocycles. The summed E-state index contributed by atoms with van der Waals surface area (Å²) in [6.45, 7) is 2.02. The lowest BCUT2D eigenvalue weighted by atomic mass is 10.1. The van der Waals surface area contributed by atoms with E-state index in [4.69, 9.17) is 0 Å². The van der Waals surface area contributed by atoms with Crippen molar-refractivity contribution in [3.63, 3.8) is 0 Å². The summed E-state index contributed by atoms with van der Waals surface area (Å²) in [4.78, 5) is 45.8. The molecular formula is C24H24N4O3S. The van der Waals surface area contributed by atoms with Crippen LogP contribution in [-0.2, 0) is 20.8 Å². The van der Waals surface area contributed by atoms with Crippen molar-refractivity contribution in [2.75, 3.05) is 31.5 Å². The quantitative estimate of drug-likeness (QED) is 0.643. The van der Waals surface area contributed by atoms with Crippen LogP contribution in [0.5, 0.6) is 0 Å². The summed E-state index contributed by atoms with van der Waals surface area (Å²) < 4.78 is 0. The number of carbonyl (C=O) groups is 3. The maximum atomic E-state index is 12.8. The molecule has 0 radical (unpaired) electrons. The van der Waals surface area contributed by atoms with Gasteiger partial charge in [0.05, 0.1) is 17.4 Å². The number of para-hydroxylation sites is 2. The summed E-state index contributed by atoms with van der Waals surface area (Å²) in [5, 5.41) is 3.53. The zero-order valence-electron chi connectivity index (χ0n) is 17.5. The van der Waals surface area contributed by atoms with E-state index in [9.17, 15) is 14.4 Å². The average molecular weight is 449 g/mol. The molecule has 1 atom stereocenters. The molecule has 1 saturated heterocycles. The molecule has 0 spiro atoms. The van der Waals surface area contributed by atoms with Gasteiger partial charge in [0.2, 0.25) is 17.7 Å². The number of carbonyl (C=O) groups excluding carboxylic acids is 3. The van der Waals surface area contributed by atoms with Crippen LogP contribution in [0.4, 0.5) is 5.69 Å². The first-order valence-corrected chi connectivity index (χ1v) is 11.6. The van der Waals surface area contributed by atoms with Gasteiger partial charge >= 0.3 is 0 Å². The number of amides is 3. The van der Waals surface area contributed by atoms with E-state index in [-0.39, 0.29) is 24.1 Å². The van der Waals surface area contributed by atoms with Gasteiger partial charge in [0, 0.05) is 54.6 Å². The minimum atomic E-state index is -0.432. The van der Waals surface area contributed by atoms with E-state index >= 15 is 0 Å². The van der Waals surface area contributed by atoms with Gasteiger partial charge in [-0.3, -0.25) is 14.4 Å². The number of hydrogen-bond donors (Lipinski definition) is 2. The van der Waals surface area contributed by atoms with Gasteiger partial charge < -0.3 is 20.1 Å². The number of H-pyrrole nitrogens is 1. The number of fused-ring (bicyclic) bond motifs is 2. The fourth-order valence-electron chi connectivity index (χ4n) is 4.27. The smallest absolute Gasteiger partial charge is 0.238 e. The molecule has 1 aromatic heterocycles. The Morgan fingerprint density at radius 3 is 2.44 bits per heavy atom. The van der Waals surface area contributed by atoms with Crippen molar-refractivity contribution in [2.45, 2.75) is 23.0 Å². The van der Waals surface area contributed by atoms with Crippen molar-refractivity contribution in [3.8, 4) is 0 Å². The first-order valence-electron chi connectivity index (χ1n) is 10.8. The summed E-state index contributed by atoms with van der Waals surface area (Å²) in [6.07, 6.45) is 2.40. The number of piperazine rings is 1. The number of aromatic nitrogens is 1. The second-order valence-corrected chi connectivity index (χ2v) is 9.34. The Hall–Kier alpha value is -3.26. The SMILES string of the molecule is O=C1Nc2ccccc2SC1CC(=O)N1CCN(C(=O)Cc2c[nH]c3ccccc23)CC1. The summed E-state index contributed by atoms with van der Waals surface area (Å²) in [7, 11) is 0. The molecule has 0 aliphatic carbocycles. The Labute approximate surface area is 190 Å². The van der Waals surface area contributed by atoms with Crippen LogP contribution >= 0.6 is 11.8 Å². The van der Waals surface area contributed by atoms with E-state index in [1.807, 2.05) is 59.6 Å². The van der Waals surface area contributed by atoms with E-state index in [2.05, 4.69) is 10.3 Å². The van der Waals surface area contributed by atoms with Crippen LogP contribution < -0.4 is 5.32 Å². The topological polar surface area (TPSA) is 85.5 Å². The van der Waals surface area contributed by atoms with Gasteiger partial charge in [-0.05, 0) is 23.8 Å². The lowest BCUT2D eigenvalue weighted by Gasteiger charge is -2.35. The molecule has 164 valence electrons. The molecule has 1 unspecified atom stereocenters. The van der Waals surface area contributed by atoms with Gasteiger partial charge in [-0.2, -0.15) is 0 Å². The van der Waals surface area contributed by atoms with E-state index in [1.54, 1.807) is 4.90 Å². The molecule has 8 heteroatoms. The number of anilines is 1. The molecule has 1 fully saturated rings. The maximum Gasteiger partial charge on any atom is 0.238 e. The van der Waals surface area contributed by atoms with Crippen molar-refractivity contribution in [1.82, 2.24) is 14.8 Å². The number of nitrogens with one attached hydrogen (secondary N) is 2. The fourth-order valence-corrected chi connectivity index (χ4v) is 5.37. The molecule has 5 rings (SSSR count). The van der Waals surface area contributed by atoms with Crippen LogP contribution in [0.15, 0.2) is 59.6 Å². The lowest BCUT2D eigenvalue weighted by Crippen LogP contribution is -2.51. The summed E-state index contributed by atoms with van der Waals surface area (Å²) in [5.41, 5.74) is 2.82. The zero-order valence-corrected chi connectivity index (χ0v) is 18.4. The molecular weight excluding hydrogens is 424 g/mol. The Morgan fingerprint density at radius 2 is 1.62 bits per heavy atom. The molecule has 2 aliphatic rings. The highest BCUT2D eigenvalue weighted by molar-refractivity contribution is 8.01. The van der Waals surface area contributed by atoms with Crippen LogP contribution in [0.25, 0.3) is 10.9 Å². The second kappa shape index (κ2) is 8.70. The van der Waals surface area contributed by atoms with Crippen molar-refractivity contribution < 1.29 is 14.4 Å². The van der Waals surface area contributed by atoms with Gasteiger partial charge in [-0.1, -0.05) is 30.3 Å². The van der Waals surface area contributed by atoms with Crippen molar-refractivity contribution in [1.29, 1.82) is 0 Å². The Morgan fingerprint density at radius 1 is 0.938 bits per heavy atom. The summed E-state index contributed by atoms with van der Waals surface area (Å²) >= 11 is 1.44. The average Bonchev–Trinajstić information content (AvgIpc) is 3.22. The first kappa shape index (κ1) is 20.6. The van der Waals surface area contributed by atoms with E-state index in [0.717, 1.165) is 27.0 Å². The molecule has 3 aromatic rings. The van der Waals surface area contributed by atoms with Crippen LogP contribution in [0.2, 0.25) is 0 Å². The highest BCUT2D eigenvalue weighted by Crippen LogP contribution is 2.36. The van der Waals surface area contributed by atoms with Gasteiger partial charge in [-0.15, -0.1) is 11.8 Å². The van der Waals surface area contributed by atoms with Gasteiger partial charge in [0.15, 0.2) is 0 Å². The third kappa shape index (κ3) is 4.10. The monoisotopic (exact) mass is 448 g/mol. The third-order valence-corrected chi connectivity index (χ3v) is 7.34. The molecule has 2 aromatic carbocycles. The normalized spacial score (nSPS) is 18.4. The minimum absolute atomic E-state index is 0.0410. The molecule has 7 nitrogen and oxygen atoms in total. The van der Waals surface area contributed by atoms with Gasteiger partial charge in [-0.25, -0.2) is 0 Å². The molecule has 0 saturated carbocycles. The number of rotatable bonds is 4. The predicted molar refractivity (Wildman–Crippen MR) is 124 cm³/mol. The molecule has 0 bridgehead atoms. The van der Waals surface area contributed by atoms with Crippen LogP contribution in [0, 0.1) is 0 Å². The van der Waals surface area contributed by atoms with Gasteiger partial charge in [0.25, 0.3) is 0 Å². The Kier molecular flexibility index (Phi) is 5.61. The van der Waals surface area contributed by atoms with Crippen molar-refractivity contribution in [3.05, 3.63) is 60.3 Å². The lowest BCUT2D eigenvalue weighted by molar-refractivity contribution is -0.139. The molecule has 2 N–H and O–H groups in total. The van der Waals surface area contributed by atoms with Crippen LogP contribution in [-0.4, -0.2) is 63.9 Å². The van der Waals surface area contributed by atoms with E-state index < -0.39 is 5.25 Å². The number of hydrogen-bond acceptors (Lipinski definition) is 4. The molecule has 3 heterocycles. The third-order valence-electron chi connectivity index (χ3n) is 6.07. The molecule has 3 amide bonds. The van der Waals surface area contributed by atoms with Crippen LogP contribution in [0.1, 0.15) is 12.0 Å². The first-order chi connectivity index (χ1) is 15.6. The van der Waals surface area contributed by atoms with Gasteiger partial charge in [0.1, 0.15) is 0 Å². The van der Waals surface area contributed by atoms with E-state index in [1.165, 1.54) is 11.8 Å².